The lowest BCUT2D eigenvalue weighted by molar-refractivity contribution is 0.174. The van der Waals surface area contributed by atoms with Gasteiger partial charge in [0.05, 0.1) is 0 Å². The predicted octanol–water partition coefficient (Wildman–Crippen LogP) is 2.29. The third-order valence-electron chi connectivity index (χ3n) is 2.21. The number of fused-ring (bicyclic) bond motifs is 1. The summed E-state index contributed by atoms with van der Waals surface area (Å²) in [4.78, 5) is 0. The van der Waals surface area contributed by atoms with Gasteiger partial charge in [-0.3, -0.25) is 0 Å². The van der Waals surface area contributed by atoms with Crippen LogP contribution >= 0.6 is 0 Å². The molecule has 2 heteroatoms. The van der Waals surface area contributed by atoms with Crippen LogP contribution in [0.25, 0.3) is 0 Å². The first-order valence-corrected chi connectivity index (χ1v) is 4.20. The maximum absolute atomic E-state index is 5.27. The zero-order chi connectivity index (χ0) is 8.55. The SMILES string of the molecule is CCc1cc2c(cc1C)OCO2. The van der Waals surface area contributed by atoms with E-state index < -0.39 is 0 Å². The molecule has 2 rings (SSSR count). The van der Waals surface area contributed by atoms with E-state index in [0.717, 1.165) is 17.9 Å². The standard InChI is InChI=1S/C10H12O2/c1-3-8-5-10-9(4-7(8)2)11-6-12-10/h4-5H,3,6H2,1-2H3. The third kappa shape index (κ3) is 1.04. The Bertz CT molecular complexity index is 304. The zero-order valence-electron chi connectivity index (χ0n) is 7.39. The predicted molar refractivity (Wildman–Crippen MR) is 46.7 cm³/mol. The molecule has 0 N–H and O–H groups in total. The van der Waals surface area contributed by atoms with Gasteiger partial charge in [-0.15, -0.1) is 0 Å². The lowest BCUT2D eigenvalue weighted by atomic mass is 10.1. The average Bonchev–Trinajstić information content (AvgIpc) is 2.49. The van der Waals surface area contributed by atoms with Crippen LogP contribution in [0, 0.1) is 6.92 Å². The highest BCUT2D eigenvalue weighted by Crippen LogP contribution is 2.34. The number of aryl methyl sites for hydroxylation is 2. The maximum atomic E-state index is 5.27. The molecule has 0 saturated carbocycles. The molecule has 0 aliphatic carbocycles. The zero-order valence-corrected chi connectivity index (χ0v) is 7.39. The van der Waals surface area contributed by atoms with Gasteiger partial charge in [0.15, 0.2) is 11.5 Å². The van der Waals surface area contributed by atoms with Gasteiger partial charge in [-0.25, -0.2) is 0 Å². The smallest absolute Gasteiger partial charge is 0.231 e. The molecule has 12 heavy (non-hydrogen) atoms. The fraction of sp³-hybridized carbons (Fsp3) is 0.400. The fourth-order valence-corrected chi connectivity index (χ4v) is 1.47. The minimum Gasteiger partial charge on any atom is -0.454 e. The summed E-state index contributed by atoms with van der Waals surface area (Å²) in [5.41, 5.74) is 2.61. The molecule has 0 aromatic heterocycles. The molecule has 0 unspecified atom stereocenters. The van der Waals surface area contributed by atoms with Crippen LogP contribution < -0.4 is 9.47 Å². The quantitative estimate of drug-likeness (QED) is 0.634. The molecule has 0 radical (unpaired) electrons. The van der Waals surface area contributed by atoms with Crippen LogP contribution in [-0.2, 0) is 6.42 Å². The van der Waals surface area contributed by atoms with Crippen molar-refractivity contribution >= 4 is 0 Å². The molecular weight excluding hydrogens is 152 g/mol. The van der Waals surface area contributed by atoms with E-state index in [1.165, 1.54) is 11.1 Å². The van der Waals surface area contributed by atoms with Crippen molar-refractivity contribution in [2.75, 3.05) is 6.79 Å². The summed E-state index contributed by atoms with van der Waals surface area (Å²) < 4.78 is 10.5. The van der Waals surface area contributed by atoms with Crippen molar-refractivity contribution in [2.45, 2.75) is 20.3 Å². The van der Waals surface area contributed by atoms with Crippen LogP contribution in [-0.4, -0.2) is 6.79 Å². The van der Waals surface area contributed by atoms with Gasteiger partial charge in [0.2, 0.25) is 6.79 Å². The van der Waals surface area contributed by atoms with Gasteiger partial charge < -0.3 is 9.47 Å². The van der Waals surface area contributed by atoms with Gasteiger partial charge in [-0.05, 0) is 36.6 Å². The molecule has 2 nitrogen and oxygen atoms in total. The van der Waals surface area contributed by atoms with Crippen LogP contribution in [0.2, 0.25) is 0 Å². The van der Waals surface area contributed by atoms with E-state index in [9.17, 15) is 0 Å². The topological polar surface area (TPSA) is 18.5 Å². The summed E-state index contributed by atoms with van der Waals surface area (Å²) in [5, 5.41) is 0. The molecule has 0 spiro atoms. The number of benzene rings is 1. The van der Waals surface area contributed by atoms with Crippen LogP contribution in [0.15, 0.2) is 12.1 Å². The van der Waals surface area contributed by atoms with E-state index >= 15 is 0 Å². The van der Waals surface area contributed by atoms with Crippen LogP contribution in [0.5, 0.6) is 11.5 Å². The van der Waals surface area contributed by atoms with E-state index in [0.29, 0.717) is 6.79 Å². The van der Waals surface area contributed by atoms with Crippen molar-refractivity contribution in [3.05, 3.63) is 23.3 Å². The summed E-state index contributed by atoms with van der Waals surface area (Å²) >= 11 is 0. The second kappa shape index (κ2) is 2.70. The second-order valence-electron chi connectivity index (χ2n) is 2.99. The minimum atomic E-state index is 0.363. The Balaban J connectivity index is 2.49. The Morgan fingerprint density at radius 2 is 1.92 bits per heavy atom. The van der Waals surface area contributed by atoms with Crippen LogP contribution in [0.1, 0.15) is 18.1 Å². The molecule has 0 bridgehead atoms. The molecule has 64 valence electrons. The molecule has 0 amide bonds. The van der Waals surface area contributed by atoms with Crippen molar-refractivity contribution in [1.82, 2.24) is 0 Å². The molecule has 1 aromatic carbocycles. The summed E-state index contributed by atoms with van der Waals surface area (Å²) in [6, 6.07) is 4.11. The largest absolute Gasteiger partial charge is 0.454 e. The highest BCUT2D eigenvalue weighted by atomic mass is 16.7. The van der Waals surface area contributed by atoms with Crippen molar-refractivity contribution in [3.8, 4) is 11.5 Å². The summed E-state index contributed by atoms with van der Waals surface area (Å²) in [6.07, 6.45) is 1.04. The minimum absolute atomic E-state index is 0.363. The lowest BCUT2D eigenvalue weighted by Crippen LogP contribution is -1.92. The molecular formula is C10H12O2. The summed E-state index contributed by atoms with van der Waals surface area (Å²) in [5.74, 6) is 1.77. The first-order valence-electron chi connectivity index (χ1n) is 4.20. The van der Waals surface area contributed by atoms with Crippen LogP contribution in [0.3, 0.4) is 0 Å². The average molecular weight is 164 g/mol. The van der Waals surface area contributed by atoms with E-state index in [-0.39, 0.29) is 0 Å². The van der Waals surface area contributed by atoms with E-state index in [4.69, 9.17) is 9.47 Å². The second-order valence-corrected chi connectivity index (χ2v) is 2.99. The van der Waals surface area contributed by atoms with Crippen molar-refractivity contribution < 1.29 is 9.47 Å². The first-order chi connectivity index (χ1) is 5.81. The van der Waals surface area contributed by atoms with Gasteiger partial charge >= 0.3 is 0 Å². The number of rotatable bonds is 1. The van der Waals surface area contributed by atoms with Gasteiger partial charge in [-0.2, -0.15) is 0 Å². The molecule has 0 saturated heterocycles. The number of ether oxygens (including phenoxy) is 2. The third-order valence-corrected chi connectivity index (χ3v) is 2.21. The first kappa shape index (κ1) is 7.47. The van der Waals surface area contributed by atoms with Crippen molar-refractivity contribution in [1.29, 1.82) is 0 Å². The van der Waals surface area contributed by atoms with E-state index in [1.807, 2.05) is 6.07 Å². The monoisotopic (exact) mass is 164 g/mol. The number of hydrogen-bond donors (Lipinski definition) is 0. The Morgan fingerprint density at radius 3 is 2.58 bits per heavy atom. The Morgan fingerprint density at radius 1 is 1.25 bits per heavy atom. The highest BCUT2D eigenvalue weighted by molar-refractivity contribution is 5.48. The Hall–Kier alpha value is -1.18. The van der Waals surface area contributed by atoms with E-state index in [1.54, 1.807) is 0 Å². The lowest BCUT2D eigenvalue weighted by Gasteiger charge is -2.03. The van der Waals surface area contributed by atoms with Gasteiger partial charge in [-0.1, -0.05) is 6.92 Å². The van der Waals surface area contributed by atoms with E-state index in [2.05, 4.69) is 19.9 Å². The Labute approximate surface area is 72.1 Å². The summed E-state index contributed by atoms with van der Waals surface area (Å²) in [6.45, 7) is 4.60. The molecule has 0 atom stereocenters. The fourth-order valence-electron chi connectivity index (χ4n) is 1.47. The highest BCUT2D eigenvalue weighted by Gasteiger charge is 2.14. The van der Waals surface area contributed by atoms with Gasteiger partial charge in [0.1, 0.15) is 0 Å². The van der Waals surface area contributed by atoms with Crippen molar-refractivity contribution in [3.63, 3.8) is 0 Å². The maximum Gasteiger partial charge on any atom is 0.231 e. The van der Waals surface area contributed by atoms with Gasteiger partial charge in [0, 0.05) is 0 Å². The molecule has 1 aromatic rings. The van der Waals surface area contributed by atoms with Crippen LogP contribution in [0.4, 0.5) is 0 Å². The van der Waals surface area contributed by atoms with Gasteiger partial charge in [0.25, 0.3) is 0 Å². The Kier molecular flexibility index (Phi) is 1.68. The molecule has 1 heterocycles. The van der Waals surface area contributed by atoms with Crippen molar-refractivity contribution in [2.24, 2.45) is 0 Å². The molecule has 1 aliphatic heterocycles. The number of hydrogen-bond acceptors (Lipinski definition) is 2. The molecule has 1 aliphatic rings. The summed E-state index contributed by atoms with van der Waals surface area (Å²) in [7, 11) is 0. The normalized spacial score (nSPS) is 13.5. The molecule has 0 fully saturated rings.